The third-order valence-corrected chi connectivity index (χ3v) is 15.8. The first-order chi connectivity index (χ1) is 31.9. The van der Waals surface area contributed by atoms with Crippen molar-refractivity contribution in [3.63, 3.8) is 0 Å². The van der Waals surface area contributed by atoms with Crippen molar-refractivity contribution in [3.05, 3.63) is 77.5 Å². The summed E-state index contributed by atoms with van der Waals surface area (Å²) in [5.41, 5.74) is 7.47. The number of ether oxygens (including phenoxy) is 4. The maximum Gasteiger partial charge on any atom is 0.311 e. The van der Waals surface area contributed by atoms with Gasteiger partial charge in [-0.1, -0.05) is 43.9 Å². The molecular formula is C51H70N4O11. The number of carboxylic acids is 1. The van der Waals surface area contributed by atoms with Crippen LogP contribution in [0.1, 0.15) is 113 Å². The fraction of sp³-hybridized carbons (Fsp3) is 0.608. The summed E-state index contributed by atoms with van der Waals surface area (Å²) < 4.78 is 25.1. The van der Waals surface area contributed by atoms with E-state index in [1.807, 2.05) is 30.4 Å². The van der Waals surface area contributed by atoms with E-state index in [0.717, 1.165) is 68.9 Å². The fourth-order valence-electron chi connectivity index (χ4n) is 12.9. The van der Waals surface area contributed by atoms with Gasteiger partial charge in [0.2, 0.25) is 5.75 Å². The molecule has 0 amide bonds. The maximum absolute atomic E-state index is 13.4. The number of rotatable bonds is 18. The van der Waals surface area contributed by atoms with E-state index in [1.54, 1.807) is 30.5 Å². The highest BCUT2D eigenvalue weighted by atomic mass is 16.5. The summed E-state index contributed by atoms with van der Waals surface area (Å²) in [6.07, 6.45) is 13.8. The molecule has 5 aliphatic rings. The SMILES string of the molecule is COc1cc([C@H]2O[C@@H](CCc3ccc(O)c(OCNC[C@H](O)C4CCCC4)c3)C[C@H](O)[C@H]2CCO)cc(OC[C@H]2N[C@H](C)CC3(CCCC3)[C@]23[C@@H](C(=O)O)C=C[C@H]3c2ccnc(N)c2)c1O. The van der Waals surface area contributed by atoms with Gasteiger partial charge in [0.25, 0.3) is 0 Å². The molecular weight excluding hydrogens is 845 g/mol. The number of nitrogen functional groups attached to an aromatic ring is 1. The number of carbonyl (C=O) groups is 1. The van der Waals surface area contributed by atoms with Crippen LogP contribution in [-0.2, 0) is 16.0 Å². The zero-order valence-electron chi connectivity index (χ0n) is 38.3. The number of phenolic OH excluding ortho intramolecular Hbond substituents is 2. The summed E-state index contributed by atoms with van der Waals surface area (Å²) in [7, 11) is 1.45. The zero-order chi connectivity index (χ0) is 46.6. The number of methoxy groups -OCH3 is 1. The zero-order valence-corrected chi connectivity index (χ0v) is 38.3. The molecule has 15 heteroatoms. The largest absolute Gasteiger partial charge is 0.504 e. The number of nitrogens with two attached hydrogens (primary N) is 1. The number of benzene rings is 2. The molecule has 15 nitrogen and oxygen atoms in total. The first-order valence-corrected chi connectivity index (χ1v) is 24.1. The number of hydrogen-bond donors (Lipinski definition) is 9. The van der Waals surface area contributed by atoms with Gasteiger partial charge in [-0.15, -0.1) is 0 Å². The highest BCUT2D eigenvalue weighted by molar-refractivity contribution is 5.76. The molecule has 360 valence electrons. The molecule has 2 spiro atoms. The number of aryl methyl sites for hydroxylation is 1. The molecule has 10 N–H and O–H groups in total. The molecule has 66 heavy (non-hydrogen) atoms. The summed E-state index contributed by atoms with van der Waals surface area (Å²) in [6, 6.07) is 12.0. The van der Waals surface area contributed by atoms with Crippen molar-refractivity contribution in [1.29, 1.82) is 0 Å². The van der Waals surface area contributed by atoms with Gasteiger partial charge in [-0.05, 0) is 129 Å². The highest BCUT2D eigenvalue weighted by Crippen LogP contribution is 2.69. The van der Waals surface area contributed by atoms with Crippen LogP contribution in [0.2, 0.25) is 0 Å². The number of allylic oxidation sites excluding steroid dienone is 1. The minimum Gasteiger partial charge on any atom is -0.504 e. The van der Waals surface area contributed by atoms with Crippen LogP contribution in [0, 0.1) is 28.6 Å². The Morgan fingerprint density at radius 1 is 1.00 bits per heavy atom. The van der Waals surface area contributed by atoms with E-state index in [0.29, 0.717) is 48.9 Å². The molecule has 4 fully saturated rings. The molecule has 3 aliphatic carbocycles. The van der Waals surface area contributed by atoms with Crippen LogP contribution in [0.4, 0.5) is 5.82 Å². The molecule has 3 heterocycles. The summed E-state index contributed by atoms with van der Waals surface area (Å²) in [6.45, 7) is 2.54. The van der Waals surface area contributed by atoms with Crippen LogP contribution < -0.4 is 30.6 Å². The van der Waals surface area contributed by atoms with Crippen molar-refractivity contribution in [2.75, 3.05) is 39.3 Å². The second-order valence-electron chi connectivity index (χ2n) is 19.7. The minimum absolute atomic E-state index is 0.00907. The quantitative estimate of drug-likeness (QED) is 0.0398. The molecule has 8 rings (SSSR count). The maximum atomic E-state index is 13.4. The third kappa shape index (κ3) is 9.57. The number of anilines is 1. The number of aromatic nitrogens is 1. The lowest BCUT2D eigenvalue weighted by molar-refractivity contribution is -0.158. The molecule has 0 bridgehead atoms. The first kappa shape index (κ1) is 47.8. The van der Waals surface area contributed by atoms with Gasteiger partial charge in [-0.3, -0.25) is 10.1 Å². The molecule has 3 aromatic rings. The number of pyridine rings is 1. The van der Waals surface area contributed by atoms with Gasteiger partial charge in [-0.2, -0.15) is 0 Å². The Morgan fingerprint density at radius 3 is 2.50 bits per heavy atom. The average molecular weight is 915 g/mol. The number of fused-ring (bicyclic) bond motifs is 1. The Labute approximate surface area is 387 Å². The van der Waals surface area contributed by atoms with Crippen LogP contribution in [0.5, 0.6) is 28.7 Å². The second kappa shape index (κ2) is 20.7. The highest BCUT2D eigenvalue weighted by Gasteiger charge is 2.68. The Hall–Kier alpha value is -4.64. The lowest BCUT2D eigenvalue weighted by Gasteiger charge is -2.61. The van der Waals surface area contributed by atoms with Crippen LogP contribution in [0.15, 0.2) is 60.8 Å². The number of nitrogens with one attached hydrogen (secondary N) is 2. The number of hydrogen-bond acceptors (Lipinski definition) is 14. The molecule has 2 aromatic carbocycles. The number of nitrogens with zero attached hydrogens (tertiary/aromatic N) is 1. The van der Waals surface area contributed by atoms with E-state index in [9.17, 15) is 35.4 Å². The van der Waals surface area contributed by atoms with Crippen molar-refractivity contribution in [2.24, 2.45) is 28.6 Å². The molecule has 2 saturated heterocycles. The van der Waals surface area contributed by atoms with E-state index in [-0.39, 0.29) is 66.7 Å². The number of aliphatic hydroxyl groups is 3. The standard InChI is InChI=1S/C51H70N4O11/c1-30-26-50(17-5-6-18-50)51(37(12-13-38(51)49(61)62)33-15-19-54-46(52)24-33)45(55-30)28-64-44-23-34(22-43(63-2)47(44)60)48-36(16-20-56)40(58)25-35(66-48)11-9-31-10-14-39(57)42(21-31)65-29-53-27-41(59)32-7-3-4-8-32/h10,12-15,19,21-24,30,32,35-38,40-41,45,48,53,55-60H,3-9,11,16-18,20,25-29H2,1-2H3,(H2,52,54)(H,61,62)/t30-,35+,36-,37+,38-,40+,41+,45-,48-,51-/m1/s1. The van der Waals surface area contributed by atoms with Crippen molar-refractivity contribution >= 4 is 11.8 Å². The predicted octanol–water partition coefficient (Wildman–Crippen LogP) is 6.11. The number of aliphatic carboxylic acids is 1. The fourth-order valence-corrected chi connectivity index (χ4v) is 12.9. The van der Waals surface area contributed by atoms with Gasteiger partial charge < -0.3 is 60.6 Å². The number of phenols is 2. The molecule has 1 aromatic heterocycles. The van der Waals surface area contributed by atoms with Crippen LogP contribution in [0.3, 0.4) is 0 Å². The van der Waals surface area contributed by atoms with E-state index in [4.69, 9.17) is 24.7 Å². The van der Waals surface area contributed by atoms with Crippen LogP contribution in [0.25, 0.3) is 0 Å². The Bertz CT molecular complexity index is 2160. The Kier molecular flexibility index (Phi) is 15.0. The van der Waals surface area contributed by atoms with Gasteiger partial charge in [0, 0.05) is 48.7 Å². The summed E-state index contributed by atoms with van der Waals surface area (Å²) in [5.74, 6) is -1.45. The smallest absolute Gasteiger partial charge is 0.311 e. The summed E-state index contributed by atoms with van der Waals surface area (Å²) in [4.78, 5) is 17.7. The van der Waals surface area contributed by atoms with E-state index in [1.165, 1.54) is 7.11 Å². The topological polar surface area (TPSA) is 238 Å². The molecule has 2 saturated carbocycles. The third-order valence-electron chi connectivity index (χ3n) is 15.8. The first-order valence-electron chi connectivity index (χ1n) is 24.1. The van der Waals surface area contributed by atoms with Gasteiger partial charge in [0.05, 0.1) is 37.4 Å². The van der Waals surface area contributed by atoms with E-state index in [2.05, 4.69) is 22.5 Å². The van der Waals surface area contributed by atoms with E-state index < -0.39 is 53.7 Å². The van der Waals surface area contributed by atoms with Crippen LogP contribution in [-0.4, -0.2) is 106 Å². The molecule has 0 unspecified atom stereocenters. The monoisotopic (exact) mass is 915 g/mol. The van der Waals surface area contributed by atoms with Crippen molar-refractivity contribution in [3.8, 4) is 28.7 Å². The van der Waals surface area contributed by atoms with Gasteiger partial charge >= 0.3 is 5.97 Å². The number of piperidine rings is 1. The lowest BCUT2D eigenvalue weighted by atomic mass is 9.46. The Balaban J connectivity index is 1.02. The minimum atomic E-state index is -0.898. The molecule has 0 radical (unpaired) electrons. The summed E-state index contributed by atoms with van der Waals surface area (Å²) >= 11 is 0. The number of carboxylic acid groups (broad SMARTS) is 1. The van der Waals surface area contributed by atoms with Gasteiger partial charge in [0.15, 0.2) is 23.0 Å². The number of aromatic hydroxyl groups is 2. The van der Waals surface area contributed by atoms with Crippen LogP contribution >= 0.6 is 0 Å². The normalized spacial score (nSPS) is 30.0. The predicted molar refractivity (Wildman–Crippen MR) is 247 cm³/mol. The van der Waals surface area contributed by atoms with Crippen molar-refractivity contribution < 1.29 is 54.4 Å². The Morgan fingerprint density at radius 2 is 1.77 bits per heavy atom. The number of aliphatic hydroxyl groups excluding tert-OH is 3. The average Bonchev–Trinajstić information content (AvgIpc) is 4.10. The lowest BCUT2D eigenvalue weighted by Crippen LogP contribution is -2.68. The van der Waals surface area contributed by atoms with Gasteiger partial charge in [-0.25, -0.2) is 4.98 Å². The summed E-state index contributed by atoms with van der Waals surface area (Å²) in [5, 5.41) is 72.4. The second-order valence-corrected chi connectivity index (χ2v) is 19.7. The van der Waals surface area contributed by atoms with Crippen molar-refractivity contribution in [2.45, 2.75) is 133 Å². The van der Waals surface area contributed by atoms with E-state index >= 15 is 0 Å². The van der Waals surface area contributed by atoms with Gasteiger partial charge in [0.1, 0.15) is 19.2 Å². The molecule has 2 aliphatic heterocycles. The molecule has 10 atom stereocenters. The van der Waals surface area contributed by atoms with Crippen molar-refractivity contribution in [1.82, 2.24) is 15.6 Å².